The van der Waals surface area contributed by atoms with Gasteiger partial charge >= 0.3 is 0 Å². The third kappa shape index (κ3) is 8.24. The zero-order chi connectivity index (χ0) is 17.3. The molecule has 134 valence electrons. The van der Waals surface area contributed by atoms with E-state index in [-0.39, 0.29) is 37.8 Å². The summed E-state index contributed by atoms with van der Waals surface area (Å²) in [4.78, 5) is 1.49. The fourth-order valence-electron chi connectivity index (χ4n) is 1.99. The Kier molecular flexibility index (Phi) is 11.9. The van der Waals surface area contributed by atoms with Crippen molar-refractivity contribution in [1.82, 2.24) is 4.90 Å². The molecular weight excluding hydrogens is 337 g/mol. The van der Waals surface area contributed by atoms with Gasteiger partial charge in [0, 0.05) is 31.4 Å². The molecule has 0 fully saturated rings. The molecule has 0 aliphatic carbocycles. The first-order valence-electron chi connectivity index (χ1n) is 7.19. The van der Waals surface area contributed by atoms with Gasteiger partial charge in [-0.15, -0.1) is 23.2 Å². The number of nitrogens with zero attached hydrogens (tertiary/aromatic N) is 1. The van der Waals surface area contributed by atoms with Crippen LogP contribution >= 0.6 is 23.2 Å². The van der Waals surface area contributed by atoms with E-state index >= 15 is 0 Å². The van der Waals surface area contributed by atoms with E-state index in [1.807, 2.05) is 0 Å². The second-order valence-corrected chi connectivity index (χ2v) is 5.98. The monoisotopic (exact) mass is 363 g/mol. The van der Waals surface area contributed by atoms with Gasteiger partial charge in [0.1, 0.15) is 12.2 Å². The van der Waals surface area contributed by atoms with E-state index in [1.165, 1.54) is 4.90 Å². The third-order valence-electron chi connectivity index (χ3n) is 3.30. The van der Waals surface area contributed by atoms with Crippen molar-refractivity contribution in [2.24, 2.45) is 0 Å². The van der Waals surface area contributed by atoms with Crippen LogP contribution in [0.15, 0.2) is 0 Å². The van der Waals surface area contributed by atoms with Crippen LogP contribution in [0.25, 0.3) is 0 Å². The number of hydrogen-bond donors (Lipinski definition) is 6. The van der Waals surface area contributed by atoms with Crippen LogP contribution in [0, 0.1) is 0 Å². The molecular formula is C13H27Cl2NO6. The summed E-state index contributed by atoms with van der Waals surface area (Å²) in [5.41, 5.74) is 0. The Morgan fingerprint density at radius 1 is 0.727 bits per heavy atom. The second-order valence-electron chi connectivity index (χ2n) is 5.36. The predicted octanol–water partition coefficient (Wildman–Crippen LogP) is -1.66. The second kappa shape index (κ2) is 11.8. The highest BCUT2D eigenvalue weighted by atomic mass is 35.5. The Hall–Kier alpha value is 0.300. The molecule has 0 aromatic carbocycles. The molecule has 0 aromatic rings. The average molecular weight is 364 g/mol. The van der Waals surface area contributed by atoms with Gasteiger partial charge in [-0.1, -0.05) is 6.92 Å². The van der Waals surface area contributed by atoms with Crippen molar-refractivity contribution in [3.63, 3.8) is 0 Å². The van der Waals surface area contributed by atoms with Crippen LogP contribution in [0.3, 0.4) is 0 Å². The predicted molar refractivity (Wildman–Crippen MR) is 84.2 cm³/mol. The normalized spacial score (nSPS) is 20.5. The van der Waals surface area contributed by atoms with Crippen LogP contribution in [0.1, 0.15) is 13.3 Å². The summed E-state index contributed by atoms with van der Waals surface area (Å²) >= 11 is 11.1. The quantitative estimate of drug-likeness (QED) is 0.229. The fourth-order valence-corrected chi connectivity index (χ4v) is 2.18. The van der Waals surface area contributed by atoms with Crippen LogP contribution in [0.5, 0.6) is 0 Å². The first-order chi connectivity index (χ1) is 10.3. The van der Waals surface area contributed by atoms with Crippen molar-refractivity contribution in [3.8, 4) is 0 Å². The zero-order valence-electron chi connectivity index (χ0n) is 12.6. The molecule has 0 saturated heterocycles. The molecule has 0 aliphatic rings. The summed E-state index contributed by atoms with van der Waals surface area (Å²) in [7, 11) is 0. The molecule has 0 spiro atoms. The fraction of sp³-hybridized carbons (Fsp3) is 1.00. The van der Waals surface area contributed by atoms with Crippen LogP contribution in [-0.4, -0.2) is 104 Å². The standard InChI is InChI=1S/C13H27Cl2NO6/c1-2-10(19)12(21)13(22)11(20)7-16(5-8(17)3-14)6-9(18)4-15/h8-13,17-22H,2-7H2,1H3. The van der Waals surface area contributed by atoms with Crippen molar-refractivity contribution in [2.75, 3.05) is 31.4 Å². The molecule has 0 radical (unpaired) electrons. The van der Waals surface area contributed by atoms with Gasteiger partial charge in [0.2, 0.25) is 0 Å². The molecule has 6 N–H and O–H groups in total. The lowest BCUT2D eigenvalue weighted by atomic mass is 10.0. The summed E-state index contributed by atoms with van der Waals surface area (Å²) in [5.74, 6) is -0.0490. The summed E-state index contributed by atoms with van der Waals surface area (Å²) in [6.45, 7) is 1.63. The van der Waals surface area contributed by atoms with Gasteiger partial charge in [-0.2, -0.15) is 0 Å². The van der Waals surface area contributed by atoms with Crippen molar-refractivity contribution < 1.29 is 30.6 Å². The molecule has 0 bridgehead atoms. The van der Waals surface area contributed by atoms with Crippen LogP contribution < -0.4 is 0 Å². The maximum absolute atomic E-state index is 9.98. The number of rotatable bonds is 12. The van der Waals surface area contributed by atoms with Crippen molar-refractivity contribution in [3.05, 3.63) is 0 Å². The van der Waals surface area contributed by atoms with Gasteiger partial charge < -0.3 is 30.6 Å². The molecule has 6 atom stereocenters. The minimum absolute atomic E-state index is 0.0245. The smallest absolute Gasteiger partial charge is 0.109 e. The van der Waals surface area contributed by atoms with E-state index in [9.17, 15) is 30.6 Å². The van der Waals surface area contributed by atoms with E-state index < -0.39 is 36.6 Å². The Bertz CT molecular complexity index is 277. The van der Waals surface area contributed by atoms with Gasteiger partial charge in [0.05, 0.1) is 24.4 Å². The molecule has 6 unspecified atom stereocenters. The van der Waals surface area contributed by atoms with E-state index in [0.717, 1.165) is 0 Å². The number of aliphatic hydroxyl groups excluding tert-OH is 6. The highest BCUT2D eigenvalue weighted by molar-refractivity contribution is 6.18. The third-order valence-corrected chi connectivity index (χ3v) is 4.01. The van der Waals surface area contributed by atoms with Gasteiger partial charge in [0.25, 0.3) is 0 Å². The maximum atomic E-state index is 9.98. The lowest BCUT2D eigenvalue weighted by Crippen LogP contribution is -2.51. The first-order valence-corrected chi connectivity index (χ1v) is 8.26. The van der Waals surface area contributed by atoms with Crippen LogP contribution in [0.2, 0.25) is 0 Å². The summed E-state index contributed by atoms with van der Waals surface area (Å²) in [5, 5.41) is 58.2. The van der Waals surface area contributed by atoms with Crippen molar-refractivity contribution >= 4 is 23.2 Å². The first kappa shape index (κ1) is 22.3. The lowest BCUT2D eigenvalue weighted by Gasteiger charge is -2.32. The molecule has 0 aliphatic heterocycles. The summed E-state index contributed by atoms with van der Waals surface area (Å²) in [6, 6.07) is 0. The summed E-state index contributed by atoms with van der Waals surface area (Å²) in [6.07, 6.45) is -7.10. The Labute approximate surface area is 140 Å². The number of halogens is 2. The van der Waals surface area contributed by atoms with Gasteiger partial charge in [-0.3, -0.25) is 4.90 Å². The van der Waals surface area contributed by atoms with Crippen LogP contribution in [0.4, 0.5) is 0 Å². The van der Waals surface area contributed by atoms with E-state index in [4.69, 9.17) is 23.2 Å². The topological polar surface area (TPSA) is 125 Å². The van der Waals surface area contributed by atoms with E-state index in [0.29, 0.717) is 0 Å². The minimum Gasteiger partial charge on any atom is -0.391 e. The molecule has 0 amide bonds. The molecule has 0 aromatic heterocycles. The highest BCUT2D eigenvalue weighted by Crippen LogP contribution is 2.10. The largest absolute Gasteiger partial charge is 0.391 e. The zero-order valence-corrected chi connectivity index (χ0v) is 14.1. The number of alkyl halides is 2. The molecule has 0 rings (SSSR count). The molecule has 0 saturated carbocycles. The average Bonchev–Trinajstić information content (AvgIpc) is 2.51. The van der Waals surface area contributed by atoms with E-state index in [1.54, 1.807) is 6.92 Å². The Morgan fingerprint density at radius 3 is 1.50 bits per heavy atom. The SMILES string of the molecule is CCC(O)C(O)C(O)C(O)CN(CC(O)CCl)CC(O)CCl. The molecule has 0 heterocycles. The number of hydrogen-bond acceptors (Lipinski definition) is 7. The lowest BCUT2D eigenvalue weighted by molar-refractivity contribution is -0.112. The molecule has 7 nitrogen and oxygen atoms in total. The maximum Gasteiger partial charge on any atom is 0.109 e. The minimum atomic E-state index is -1.56. The summed E-state index contributed by atoms with van der Waals surface area (Å²) < 4.78 is 0. The highest BCUT2D eigenvalue weighted by Gasteiger charge is 2.31. The van der Waals surface area contributed by atoms with Crippen LogP contribution in [-0.2, 0) is 0 Å². The van der Waals surface area contributed by atoms with Crippen molar-refractivity contribution in [2.45, 2.75) is 50.0 Å². The van der Waals surface area contributed by atoms with Gasteiger partial charge in [0.15, 0.2) is 0 Å². The Morgan fingerprint density at radius 2 is 1.14 bits per heavy atom. The van der Waals surface area contributed by atoms with E-state index in [2.05, 4.69) is 0 Å². The molecule has 9 heteroatoms. The Balaban J connectivity index is 4.67. The van der Waals surface area contributed by atoms with Gasteiger partial charge in [-0.05, 0) is 6.42 Å². The van der Waals surface area contributed by atoms with Gasteiger partial charge in [-0.25, -0.2) is 0 Å². The molecule has 22 heavy (non-hydrogen) atoms. The number of aliphatic hydroxyl groups is 6. The van der Waals surface area contributed by atoms with Crippen molar-refractivity contribution in [1.29, 1.82) is 0 Å².